The molecule has 1 saturated heterocycles. The second kappa shape index (κ2) is 7.99. The van der Waals surface area contributed by atoms with Crippen LogP contribution in [-0.4, -0.2) is 35.9 Å². The second-order valence-corrected chi connectivity index (χ2v) is 6.57. The lowest BCUT2D eigenvalue weighted by molar-refractivity contribution is -0.385. The third-order valence-electron chi connectivity index (χ3n) is 4.89. The monoisotopic (exact) mass is 354 g/mol. The number of hydrogen-bond acceptors (Lipinski definition) is 4. The van der Waals surface area contributed by atoms with Gasteiger partial charge in [0.15, 0.2) is 5.75 Å². The van der Waals surface area contributed by atoms with E-state index in [1.54, 1.807) is 11.0 Å². The van der Waals surface area contributed by atoms with E-state index in [0.717, 1.165) is 19.3 Å². The van der Waals surface area contributed by atoms with Crippen molar-refractivity contribution in [2.24, 2.45) is 5.92 Å². The molecule has 1 aliphatic heterocycles. The van der Waals surface area contributed by atoms with E-state index in [9.17, 15) is 14.9 Å². The first kappa shape index (κ1) is 17.9. The standard InChI is InChI=1S/C20H22N2O4/c1-26-19-8-7-17(14-18(19)22(24)25)20(23)21-11-9-16(10-12-21)13-15-5-3-2-4-6-15/h2-8,14,16H,9-13H2,1H3. The fourth-order valence-corrected chi connectivity index (χ4v) is 3.44. The molecule has 1 aliphatic rings. The van der Waals surface area contributed by atoms with E-state index in [1.807, 2.05) is 18.2 Å². The van der Waals surface area contributed by atoms with Gasteiger partial charge in [0.25, 0.3) is 5.91 Å². The molecule has 0 bridgehead atoms. The first-order valence-electron chi connectivity index (χ1n) is 8.74. The van der Waals surface area contributed by atoms with Crippen LogP contribution in [0.4, 0.5) is 5.69 Å². The molecule has 0 radical (unpaired) electrons. The van der Waals surface area contributed by atoms with E-state index >= 15 is 0 Å². The molecular formula is C20H22N2O4. The molecule has 26 heavy (non-hydrogen) atoms. The molecule has 2 aromatic carbocycles. The quantitative estimate of drug-likeness (QED) is 0.606. The number of benzene rings is 2. The number of nitrogens with zero attached hydrogens (tertiary/aromatic N) is 2. The fourth-order valence-electron chi connectivity index (χ4n) is 3.44. The highest BCUT2D eigenvalue weighted by molar-refractivity contribution is 5.95. The third-order valence-corrected chi connectivity index (χ3v) is 4.89. The molecule has 3 rings (SSSR count). The van der Waals surface area contributed by atoms with Gasteiger partial charge < -0.3 is 9.64 Å². The summed E-state index contributed by atoms with van der Waals surface area (Å²) in [6.45, 7) is 1.35. The average Bonchev–Trinajstić information content (AvgIpc) is 2.68. The molecular weight excluding hydrogens is 332 g/mol. The molecule has 0 unspecified atom stereocenters. The molecule has 0 spiro atoms. The number of nitro groups is 1. The van der Waals surface area contributed by atoms with Gasteiger partial charge in [0, 0.05) is 24.7 Å². The summed E-state index contributed by atoms with van der Waals surface area (Å²) < 4.78 is 4.99. The van der Waals surface area contributed by atoms with Gasteiger partial charge in [-0.2, -0.15) is 0 Å². The van der Waals surface area contributed by atoms with Gasteiger partial charge in [-0.05, 0) is 42.9 Å². The van der Waals surface area contributed by atoms with E-state index < -0.39 is 4.92 Å². The first-order chi connectivity index (χ1) is 12.6. The van der Waals surface area contributed by atoms with Crippen molar-refractivity contribution in [3.05, 3.63) is 69.8 Å². The van der Waals surface area contributed by atoms with Crippen molar-refractivity contribution in [2.75, 3.05) is 20.2 Å². The molecule has 6 nitrogen and oxygen atoms in total. The van der Waals surface area contributed by atoms with Crippen LogP contribution in [0.5, 0.6) is 5.75 Å². The van der Waals surface area contributed by atoms with Gasteiger partial charge in [-0.1, -0.05) is 30.3 Å². The smallest absolute Gasteiger partial charge is 0.311 e. The van der Waals surface area contributed by atoms with E-state index in [0.29, 0.717) is 24.6 Å². The summed E-state index contributed by atoms with van der Waals surface area (Å²) in [7, 11) is 1.38. The largest absolute Gasteiger partial charge is 0.490 e. The summed E-state index contributed by atoms with van der Waals surface area (Å²) in [5, 5.41) is 11.1. The number of hydrogen-bond donors (Lipinski definition) is 0. The van der Waals surface area contributed by atoms with Gasteiger partial charge in [0.1, 0.15) is 0 Å². The Morgan fingerprint density at radius 1 is 1.19 bits per heavy atom. The van der Waals surface area contributed by atoms with Crippen molar-refractivity contribution >= 4 is 11.6 Å². The van der Waals surface area contributed by atoms with E-state index in [4.69, 9.17) is 4.74 Å². The Hall–Kier alpha value is -2.89. The molecule has 0 aromatic heterocycles. The molecule has 1 heterocycles. The minimum Gasteiger partial charge on any atom is -0.490 e. The molecule has 0 atom stereocenters. The normalized spacial score (nSPS) is 14.9. The van der Waals surface area contributed by atoms with Gasteiger partial charge >= 0.3 is 5.69 Å². The maximum atomic E-state index is 12.7. The van der Waals surface area contributed by atoms with Crippen LogP contribution in [0, 0.1) is 16.0 Å². The number of likely N-dealkylation sites (tertiary alicyclic amines) is 1. The predicted molar refractivity (Wildman–Crippen MR) is 98.4 cm³/mol. The molecule has 0 saturated carbocycles. The van der Waals surface area contributed by atoms with Crippen molar-refractivity contribution in [2.45, 2.75) is 19.3 Å². The van der Waals surface area contributed by atoms with Crippen molar-refractivity contribution in [1.82, 2.24) is 4.90 Å². The molecule has 0 N–H and O–H groups in total. The van der Waals surface area contributed by atoms with Crippen LogP contribution >= 0.6 is 0 Å². The van der Waals surface area contributed by atoms with Crippen LogP contribution in [0.15, 0.2) is 48.5 Å². The summed E-state index contributed by atoms with van der Waals surface area (Å²) >= 11 is 0. The number of carbonyl (C=O) groups is 1. The number of amides is 1. The van der Waals surface area contributed by atoms with Crippen molar-refractivity contribution in [3.8, 4) is 5.75 Å². The van der Waals surface area contributed by atoms with Gasteiger partial charge in [-0.25, -0.2) is 0 Å². The zero-order valence-electron chi connectivity index (χ0n) is 14.8. The average molecular weight is 354 g/mol. The Morgan fingerprint density at radius 2 is 1.88 bits per heavy atom. The van der Waals surface area contributed by atoms with Crippen LogP contribution in [-0.2, 0) is 6.42 Å². The summed E-state index contributed by atoms with van der Waals surface area (Å²) in [6, 6.07) is 14.7. The van der Waals surface area contributed by atoms with Crippen molar-refractivity contribution in [3.63, 3.8) is 0 Å². The number of carbonyl (C=O) groups excluding carboxylic acids is 1. The van der Waals surface area contributed by atoms with Crippen LogP contribution < -0.4 is 4.74 Å². The predicted octanol–water partition coefficient (Wildman–Crippen LogP) is 3.70. The topological polar surface area (TPSA) is 72.7 Å². The number of nitro benzene ring substituents is 1. The van der Waals surface area contributed by atoms with Crippen molar-refractivity contribution in [1.29, 1.82) is 0 Å². The van der Waals surface area contributed by atoms with E-state index in [2.05, 4.69) is 12.1 Å². The van der Waals surface area contributed by atoms with Crippen LogP contribution in [0.1, 0.15) is 28.8 Å². The minimum absolute atomic E-state index is 0.158. The molecule has 1 fully saturated rings. The maximum Gasteiger partial charge on any atom is 0.311 e. The van der Waals surface area contributed by atoms with Gasteiger partial charge in [-0.3, -0.25) is 14.9 Å². The van der Waals surface area contributed by atoms with Crippen molar-refractivity contribution < 1.29 is 14.5 Å². The highest BCUT2D eigenvalue weighted by Gasteiger charge is 2.26. The minimum atomic E-state index is -0.526. The maximum absolute atomic E-state index is 12.7. The zero-order valence-corrected chi connectivity index (χ0v) is 14.8. The number of methoxy groups -OCH3 is 1. The van der Waals surface area contributed by atoms with Crippen LogP contribution in [0.2, 0.25) is 0 Å². The lowest BCUT2D eigenvalue weighted by Crippen LogP contribution is -2.38. The van der Waals surface area contributed by atoms with Crippen LogP contribution in [0.25, 0.3) is 0 Å². The molecule has 2 aromatic rings. The molecule has 136 valence electrons. The van der Waals surface area contributed by atoms with Crippen LogP contribution in [0.3, 0.4) is 0 Å². The summed E-state index contributed by atoms with van der Waals surface area (Å²) in [5.74, 6) is 0.564. The Labute approximate surface area is 152 Å². The highest BCUT2D eigenvalue weighted by Crippen LogP contribution is 2.29. The molecule has 1 amide bonds. The lowest BCUT2D eigenvalue weighted by Gasteiger charge is -2.32. The zero-order chi connectivity index (χ0) is 18.5. The van der Waals surface area contributed by atoms with E-state index in [-0.39, 0.29) is 17.3 Å². The van der Waals surface area contributed by atoms with Gasteiger partial charge in [0.2, 0.25) is 0 Å². The molecule has 0 aliphatic carbocycles. The first-order valence-corrected chi connectivity index (χ1v) is 8.74. The number of ether oxygens (including phenoxy) is 1. The van der Waals surface area contributed by atoms with Gasteiger partial charge in [0.05, 0.1) is 12.0 Å². The lowest BCUT2D eigenvalue weighted by atomic mass is 9.90. The van der Waals surface area contributed by atoms with E-state index in [1.165, 1.54) is 24.8 Å². The number of piperidine rings is 1. The Balaban J connectivity index is 1.63. The SMILES string of the molecule is COc1ccc(C(=O)N2CCC(Cc3ccccc3)CC2)cc1[N+](=O)[O-]. The highest BCUT2D eigenvalue weighted by atomic mass is 16.6. The summed E-state index contributed by atoms with van der Waals surface area (Å²) in [6.07, 6.45) is 2.91. The Kier molecular flexibility index (Phi) is 5.51. The Bertz CT molecular complexity index is 784. The van der Waals surface area contributed by atoms with Gasteiger partial charge in [-0.15, -0.1) is 0 Å². The fraction of sp³-hybridized carbons (Fsp3) is 0.350. The molecule has 6 heteroatoms. The number of rotatable bonds is 5. The third kappa shape index (κ3) is 4.02. The Morgan fingerprint density at radius 3 is 2.50 bits per heavy atom. The second-order valence-electron chi connectivity index (χ2n) is 6.57. The summed E-state index contributed by atoms with van der Waals surface area (Å²) in [4.78, 5) is 25.1. The summed E-state index contributed by atoms with van der Waals surface area (Å²) in [5.41, 5.74) is 1.47.